The van der Waals surface area contributed by atoms with Crippen molar-refractivity contribution in [3.05, 3.63) is 73.4 Å². The zero-order chi connectivity index (χ0) is 18.8. The Morgan fingerprint density at radius 3 is 0.913 bits per heavy atom. The average molecular weight is 319 g/mol. The van der Waals surface area contributed by atoms with E-state index in [0.717, 1.165) is 6.08 Å². The number of aliphatic carboxylic acids is 3. The standard InChI is InChI=1S/C6H6.2C4H6O2.C3H4O2/c1-2-4-6-5-3-1;2*1-3(2)4(5)6;1-2-3(4)5/h1-6H;2*1H2,2H3,(H,5,6);2H,1H2,(H,4,5)/p-3. The Labute approximate surface area is 135 Å². The summed E-state index contributed by atoms with van der Waals surface area (Å²) in [7, 11) is 0. The molecule has 6 nitrogen and oxygen atoms in total. The van der Waals surface area contributed by atoms with Crippen molar-refractivity contribution >= 4 is 17.9 Å². The Hall–Kier alpha value is -3.15. The van der Waals surface area contributed by atoms with Gasteiger partial charge < -0.3 is 29.7 Å². The maximum Gasteiger partial charge on any atom is 0.0666 e. The van der Waals surface area contributed by atoms with Gasteiger partial charge in [-0.15, -0.1) is 0 Å². The van der Waals surface area contributed by atoms with Crippen molar-refractivity contribution in [2.45, 2.75) is 13.8 Å². The number of carbonyl (C=O) groups excluding carboxylic acids is 3. The summed E-state index contributed by atoms with van der Waals surface area (Å²) in [6.07, 6.45) is 0.722. The molecule has 0 saturated carbocycles. The summed E-state index contributed by atoms with van der Waals surface area (Å²) in [5.74, 6) is -3.60. The average Bonchev–Trinajstić information content (AvgIpc) is 2.50. The Morgan fingerprint density at radius 2 is 0.870 bits per heavy atom. The quantitative estimate of drug-likeness (QED) is 0.675. The van der Waals surface area contributed by atoms with Crippen LogP contribution in [0, 0.1) is 0 Å². The zero-order valence-corrected chi connectivity index (χ0v) is 13.1. The van der Waals surface area contributed by atoms with Crippen LogP contribution in [-0.4, -0.2) is 17.9 Å². The molecule has 0 heterocycles. The molecule has 1 aromatic carbocycles. The first-order valence-corrected chi connectivity index (χ1v) is 6.13. The lowest BCUT2D eigenvalue weighted by Gasteiger charge is -1.93. The van der Waals surface area contributed by atoms with Gasteiger partial charge in [0.25, 0.3) is 0 Å². The fraction of sp³-hybridized carbons (Fsp3) is 0.118. The van der Waals surface area contributed by atoms with E-state index in [9.17, 15) is 19.8 Å². The minimum Gasteiger partial charge on any atom is -0.545 e. The third kappa shape index (κ3) is 32.4. The van der Waals surface area contributed by atoms with Crippen LogP contribution in [0.15, 0.2) is 73.4 Å². The molecule has 0 fully saturated rings. The van der Waals surface area contributed by atoms with Gasteiger partial charge in [-0.1, -0.05) is 56.1 Å². The van der Waals surface area contributed by atoms with Crippen molar-refractivity contribution in [1.82, 2.24) is 0 Å². The van der Waals surface area contributed by atoms with E-state index in [-0.39, 0.29) is 11.1 Å². The van der Waals surface area contributed by atoms with Gasteiger partial charge in [0, 0.05) is 0 Å². The molecule has 0 aliphatic rings. The first-order valence-electron chi connectivity index (χ1n) is 6.13. The summed E-state index contributed by atoms with van der Waals surface area (Å²) in [5.41, 5.74) is 0.130. The highest BCUT2D eigenvalue weighted by molar-refractivity contribution is 5.83. The minimum atomic E-state index is -1.23. The van der Waals surface area contributed by atoms with E-state index in [0.29, 0.717) is 0 Å². The molecule has 0 atom stereocenters. The molecular formula is C17H19O6-3. The van der Waals surface area contributed by atoms with Crippen LogP contribution in [-0.2, 0) is 14.4 Å². The summed E-state index contributed by atoms with van der Waals surface area (Å²) < 4.78 is 0. The van der Waals surface area contributed by atoms with Crippen LogP contribution in [0.2, 0.25) is 0 Å². The van der Waals surface area contributed by atoms with Gasteiger partial charge in [0.2, 0.25) is 0 Å². The van der Waals surface area contributed by atoms with Crippen molar-refractivity contribution in [2.75, 3.05) is 0 Å². The molecular weight excluding hydrogens is 300 g/mol. The van der Waals surface area contributed by atoms with E-state index < -0.39 is 17.9 Å². The van der Waals surface area contributed by atoms with Crippen LogP contribution >= 0.6 is 0 Å². The van der Waals surface area contributed by atoms with Gasteiger partial charge in [0.15, 0.2) is 0 Å². The molecule has 0 radical (unpaired) electrons. The monoisotopic (exact) mass is 319 g/mol. The Kier molecular flexibility index (Phi) is 18.3. The molecule has 6 heteroatoms. The molecule has 0 unspecified atom stereocenters. The number of carbonyl (C=O) groups is 3. The molecule has 0 saturated heterocycles. The molecule has 126 valence electrons. The molecule has 0 amide bonds. The normalized spacial score (nSPS) is 7.39. The molecule has 0 N–H and O–H groups in total. The lowest BCUT2D eigenvalue weighted by Crippen LogP contribution is -2.22. The highest BCUT2D eigenvalue weighted by Crippen LogP contribution is 1.80. The van der Waals surface area contributed by atoms with Gasteiger partial charge in [-0.25, -0.2) is 0 Å². The van der Waals surface area contributed by atoms with Gasteiger partial charge in [0.05, 0.1) is 17.9 Å². The van der Waals surface area contributed by atoms with Crippen molar-refractivity contribution < 1.29 is 29.7 Å². The number of carboxylic acids is 3. The minimum absolute atomic E-state index is 0.0648. The van der Waals surface area contributed by atoms with E-state index in [2.05, 4.69) is 19.7 Å². The summed E-state index contributed by atoms with van der Waals surface area (Å²) in [5, 5.41) is 28.1. The van der Waals surface area contributed by atoms with Crippen molar-refractivity contribution in [3.63, 3.8) is 0 Å². The topological polar surface area (TPSA) is 120 Å². The molecule has 1 aromatic rings. The van der Waals surface area contributed by atoms with Gasteiger partial charge in [0.1, 0.15) is 0 Å². The lowest BCUT2D eigenvalue weighted by molar-refractivity contribution is -0.300. The van der Waals surface area contributed by atoms with E-state index in [4.69, 9.17) is 9.90 Å². The zero-order valence-electron chi connectivity index (χ0n) is 13.1. The number of hydrogen-bond acceptors (Lipinski definition) is 6. The second-order valence-corrected chi connectivity index (χ2v) is 3.81. The van der Waals surface area contributed by atoms with Gasteiger partial charge in [-0.3, -0.25) is 0 Å². The van der Waals surface area contributed by atoms with Crippen LogP contribution in [0.3, 0.4) is 0 Å². The molecule has 0 aliphatic carbocycles. The Balaban J connectivity index is -0.000000233. The van der Waals surface area contributed by atoms with Crippen molar-refractivity contribution in [3.8, 4) is 0 Å². The summed E-state index contributed by atoms with van der Waals surface area (Å²) in [4.78, 5) is 28.1. The van der Waals surface area contributed by atoms with Crippen LogP contribution in [0.25, 0.3) is 0 Å². The maximum absolute atomic E-state index is 9.49. The lowest BCUT2D eigenvalue weighted by atomic mass is 10.4. The molecule has 0 spiro atoms. The molecule has 0 aromatic heterocycles. The number of carboxylic acid groups (broad SMARTS) is 3. The summed E-state index contributed by atoms with van der Waals surface area (Å²) >= 11 is 0. The third-order valence-corrected chi connectivity index (χ3v) is 1.53. The first-order chi connectivity index (χ1) is 10.6. The first kappa shape index (κ1) is 24.8. The SMILES string of the molecule is C=C(C)C(=O)[O-].C=C(C)C(=O)[O-].C=CC(=O)[O-].c1ccccc1. The van der Waals surface area contributed by atoms with E-state index >= 15 is 0 Å². The molecule has 0 aliphatic heterocycles. The summed E-state index contributed by atoms with van der Waals surface area (Å²) in [6, 6.07) is 12.0. The van der Waals surface area contributed by atoms with E-state index in [1.807, 2.05) is 36.4 Å². The number of rotatable bonds is 3. The second-order valence-electron chi connectivity index (χ2n) is 3.81. The summed E-state index contributed by atoms with van der Waals surface area (Å²) in [6.45, 7) is 11.9. The highest BCUT2D eigenvalue weighted by Gasteiger charge is 1.76. The maximum atomic E-state index is 9.49. The van der Waals surface area contributed by atoms with Crippen molar-refractivity contribution in [1.29, 1.82) is 0 Å². The number of benzene rings is 1. The number of hydrogen-bond donors (Lipinski definition) is 0. The molecule has 23 heavy (non-hydrogen) atoms. The van der Waals surface area contributed by atoms with E-state index in [1.165, 1.54) is 13.8 Å². The van der Waals surface area contributed by atoms with Crippen LogP contribution in [0.1, 0.15) is 13.8 Å². The van der Waals surface area contributed by atoms with Gasteiger partial charge >= 0.3 is 0 Å². The van der Waals surface area contributed by atoms with Crippen LogP contribution in [0.5, 0.6) is 0 Å². The second kappa shape index (κ2) is 16.9. The Bertz CT molecular complexity index is 442. The third-order valence-electron chi connectivity index (χ3n) is 1.53. The van der Waals surface area contributed by atoms with Crippen molar-refractivity contribution in [2.24, 2.45) is 0 Å². The van der Waals surface area contributed by atoms with Gasteiger partial charge in [-0.2, -0.15) is 0 Å². The molecule has 0 bridgehead atoms. The van der Waals surface area contributed by atoms with Gasteiger partial charge in [-0.05, 0) is 31.1 Å². The smallest absolute Gasteiger partial charge is 0.0666 e. The van der Waals surface area contributed by atoms with E-state index in [1.54, 1.807) is 0 Å². The largest absolute Gasteiger partial charge is 0.545 e. The van der Waals surface area contributed by atoms with Crippen LogP contribution in [0.4, 0.5) is 0 Å². The Morgan fingerprint density at radius 1 is 0.739 bits per heavy atom. The fourth-order valence-corrected chi connectivity index (χ4v) is 0.385. The van der Waals surface area contributed by atoms with Crippen LogP contribution < -0.4 is 15.3 Å². The fourth-order valence-electron chi connectivity index (χ4n) is 0.385. The predicted octanol–water partition coefficient (Wildman–Crippen LogP) is -0.766. The highest BCUT2D eigenvalue weighted by atomic mass is 16.4. The molecule has 1 rings (SSSR count). The predicted molar refractivity (Wildman–Crippen MR) is 81.3 cm³/mol.